The van der Waals surface area contributed by atoms with Crippen LogP contribution in [-0.4, -0.2) is 31.0 Å². The lowest BCUT2D eigenvalue weighted by atomic mass is 10.1. The molecule has 0 atom stereocenters. The third-order valence-corrected chi connectivity index (χ3v) is 2.77. The molecule has 1 aromatic rings. The maximum Gasteiger partial charge on any atom is 0.259 e. The fourth-order valence-corrected chi connectivity index (χ4v) is 1.74. The van der Waals surface area contributed by atoms with Crippen molar-refractivity contribution in [3.8, 4) is 5.75 Å². The van der Waals surface area contributed by atoms with Crippen LogP contribution in [0.5, 0.6) is 5.75 Å². The molecular weight excluding hydrogens is 228 g/mol. The zero-order chi connectivity index (χ0) is 13.5. The summed E-state index contributed by atoms with van der Waals surface area (Å²) < 4.78 is 5.47. The lowest BCUT2D eigenvalue weighted by Gasteiger charge is -2.19. The predicted octanol–water partition coefficient (Wildman–Crippen LogP) is 2.54. The summed E-state index contributed by atoms with van der Waals surface area (Å²) in [5.74, 6) is 0.482. The van der Waals surface area contributed by atoms with Crippen LogP contribution in [0.15, 0.2) is 18.2 Å². The second kappa shape index (κ2) is 6.89. The Morgan fingerprint density at radius 3 is 2.72 bits per heavy atom. The highest BCUT2D eigenvalue weighted by atomic mass is 16.5. The highest BCUT2D eigenvalue weighted by molar-refractivity contribution is 6.01. The van der Waals surface area contributed by atoms with Crippen LogP contribution in [0.25, 0.3) is 0 Å². The molecule has 100 valence electrons. The van der Waals surface area contributed by atoms with E-state index >= 15 is 0 Å². The molecule has 1 rings (SSSR count). The molecule has 18 heavy (non-hydrogen) atoms. The fraction of sp³-hybridized carbons (Fsp3) is 0.500. The first kappa shape index (κ1) is 14.4. The highest BCUT2D eigenvalue weighted by Crippen LogP contribution is 2.25. The van der Waals surface area contributed by atoms with E-state index in [1.165, 1.54) is 0 Å². The first-order chi connectivity index (χ1) is 8.61. The van der Waals surface area contributed by atoms with Gasteiger partial charge in [-0.25, -0.2) is 0 Å². The van der Waals surface area contributed by atoms with Crippen molar-refractivity contribution in [1.29, 1.82) is 0 Å². The Kier molecular flexibility index (Phi) is 5.49. The Morgan fingerprint density at radius 2 is 2.11 bits per heavy atom. The van der Waals surface area contributed by atoms with Crippen LogP contribution in [0.4, 0.5) is 5.69 Å². The molecule has 1 aromatic carbocycles. The molecule has 0 unspecified atom stereocenters. The minimum atomic E-state index is -0.0787. The van der Waals surface area contributed by atoms with Crippen molar-refractivity contribution in [1.82, 2.24) is 4.90 Å². The summed E-state index contributed by atoms with van der Waals surface area (Å²) in [5.41, 5.74) is 6.83. The van der Waals surface area contributed by atoms with Gasteiger partial charge in [-0.3, -0.25) is 4.79 Å². The maximum absolute atomic E-state index is 12.3. The average molecular weight is 250 g/mol. The summed E-state index contributed by atoms with van der Waals surface area (Å²) in [4.78, 5) is 14.0. The number of hydrogen-bond acceptors (Lipinski definition) is 3. The molecule has 2 N–H and O–H groups in total. The van der Waals surface area contributed by atoms with Crippen LogP contribution in [0, 0.1) is 0 Å². The van der Waals surface area contributed by atoms with Crippen LogP contribution >= 0.6 is 0 Å². The van der Waals surface area contributed by atoms with Gasteiger partial charge in [0, 0.05) is 19.3 Å². The Balaban J connectivity index is 2.96. The minimum Gasteiger partial charge on any atom is -0.493 e. The van der Waals surface area contributed by atoms with Gasteiger partial charge < -0.3 is 15.4 Å². The lowest BCUT2D eigenvalue weighted by Crippen LogP contribution is -2.28. The van der Waals surface area contributed by atoms with Crippen molar-refractivity contribution >= 4 is 11.6 Å². The van der Waals surface area contributed by atoms with E-state index in [0.29, 0.717) is 23.6 Å². The van der Waals surface area contributed by atoms with E-state index in [1.54, 1.807) is 30.1 Å². The number of ether oxygens (including phenoxy) is 1. The van der Waals surface area contributed by atoms with Gasteiger partial charge >= 0.3 is 0 Å². The van der Waals surface area contributed by atoms with E-state index in [0.717, 1.165) is 19.4 Å². The topological polar surface area (TPSA) is 55.6 Å². The first-order valence-corrected chi connectivity index (χ1v) is 6.38. The van der Waals surface area contributed by atoms with Gasteiger partial charge in [-0.15, -0.1) is 0 Å². The van der Waals surface area contributed by atoms with E-state index in [-0.39, 0.29) is 5.91 Å². The minimum absolute atomic E-state index is 0.0787. The molecule has 0 aliphatic rings. The molecule has 4 heteroatoms. The molecule has 0 saturated carbocycles. The number of nitrogen functional groups attached to an aromatic ring is 1. The highest BCUT2D eigenvalue weighted by Gasteiger charge is 2.19. The SMILES string of the molecule is CCCCN(C)C(=O)c1c(N)cccc1OCC. The largest absolute Gasteiger partial charge is 0.493 e. The quantitative estimate of drug-likeness (QED) is 0.789. The molecule has 0 saturated heterocycles. The van der Waals surface area contributed by atoms with Crippen molar-refractivity contribution in [2.45, 2.75) is 26.7 Å². The Morgan fingerprint density at radius 1 is 1.39 bits per heavy atom. The summed E-state index contributed by atoms with van der Waals surface area (Å²) in [7, 11) is 1.79. The smallest absolute Gasteiger partial charge is 0.259 e. The van der Waals surface area contributed by atoms with Gasteiger partial charge in [0.1, 0.15) is 11.3 Å². The summed E-state index contributed by atoms with van der Waals surface area (Å²) in [6.07, 6.45) is 2.04. The fourth-order valence-electron chi connectivity index (χ4n) is 1.74. The van der Waals surface area contributed by atoms with Crippen LogP contribution < -0.4 is 10.5 Å². The molecule has 0 radical (unpaired) electrons. The van der Waals surface area contributed by atoms with Gasteiger partial charge in [0.05, 0.1) is 6.61 Å². The van der Waals surface area contributed by atoms with Crippen molar-refractivity contribution in [2.24, 2.45) is 0 Å². The number of hydrogen-bond donors (Lipinski definition) is 1. The number of anilines is 1. The van der Waals surface area contributed by atoms with Gasteiger partial charge in [-0.2, -0.15) is 0 Å². The van der Waals surface area contributed by atoms with Crippen molar-refractivity contribution in [3.63, 3.8) is 0 Å². The summed E-state index contributed by atoms with van der Waals surface area (Å²) in [5, 5.41) is 0. The molecule has 0 spiro atoms. The zero-order valence-electron chi connectivity index (χ0n) is 11.4. The number of nitrogens with zero attached hydrogens (tertiary/aromatic N) is 1. The average Bonchev–Trinajstić information content (AvgIpc) is 2.36. The molecule has 0 aromatic heterocycles. The molecule has 4 nitrogen and oxygen atoms in total. The Hall–Kier alpha value is -1.71. The van der Waals surface area contributed by atoms with Crippen molar-refractivity contribution in [3.05, 3.63) is 23.8 Å². The first-order valence-electron chi connectivity index (χ1n) is 6.38. The molecule has 1 amide bonds. The van der Waals surface area contributed by atoms with Crippen LogP contribution in [-0.2, 0) is 0 Å². The van der Waals surface area contributed by atoms with Gasteiger partial charge in [0.15, 0.2) is 0 Å². The van der Waals surface area contributed by atoms with E-state index in [1.807, 2.05) is 6.92 Å². The number of rotatable bonds is 6. The van der Waals surface area contributed by atoms with E-state index in [2.05, 4.69) is 6.92 Å². The number of benzene rings is 1. The van der Waals surface area contributed by atoms with E-state index < -0.39 is 0 Å². The monoisotopic (exact) mass is 250 g/mol. The normalized spacial score (nSPS) is 10.2. The van der Waals surface area contributed by atoms with Gasteiger partial charge in [-0.1, -0.05) is 19.4 Å². The summed E-state index contributed by atoms with van der Waals surface area (Å²) >= 11 is 0. The van der Waals surface area contributed by atoms with E-state index in [9.17, 15) is 4.79 Å². The molecule has 0 aliphatic carbocycles. The Labute approximate surface area is 109 Å². The number of unbranched alkanes of at least 4 members (excludes halogenated alkanes) is 1. The third-order valence-electron chi connectivity index (χ3n) is 2.77. The second-order valence-electron chi connectivity index (χ2n) is 4.23. The summed E-state index contributed by atoms with van der Waals surface area (Å²) in [6.45, 7) is 5.23. The van der Waals surface area contributed by atoms with Crippen molar-refractivity contribution < 1.29 is 9.53 Å². The third kappa shape index (κ3) is 3.39. The molecule has 0 aliphatic heterocycles. The Bertz CT molecular complexity index is 405. The lowest BCUT2D eigenvalue weighted by molar-refractivity contribution is 0.0790. The number of carbonyl (C=O) groups excluding carboxylic acids is 1. The van der Waals surface area contributed by atoms with Crippen molar-refractivity contribution in [2.75, 3.05) is 25.9 Å². The van der Waals surface area contributed by atoms with Gasteiger partial charge in [0.25, 0.3) is 5.91 Å². The molecule has 0 fully saturated rings. The van der Waals surface area contributed by atoms with Crippen LogP contribution in [0.2, 0.25) is 0 Å². The standard InChI is InChI=1S/C14H22N2O2/c1-4-6-10-16(3)14(17)13-11(15)8-7-9-12(13)18-5-2/h7-9H,4-6,10,15H2,1-3H3. The van der Waals surface area contributed by atoms with Gasteiger partial charge in [0.2, 0.25) is 0 Å². The number of nitrogens with two attached hydrogens (primary N) is 1. The molecule has 0 bridgehead atoms. The predicted molar refractivity (Wildman–Crippen MR) is 73.9 cm³/mol. The number of carbonyl (C=O) groups is 1. The number of amides is 1. The zero-order valence-corrected chi connectivity index (χ0v) is 11.4. The maximum atomic E-state index is 12.3. The molecule has 0 heterocycles. The van der Waals surface area contributed by atoms with Crippen LogP contribution in [0.1, 0.15) is 37.0 Å². The van der Waals surface area contributed by atoms with Crippen LogP contribution in [0.3, 0.4) is 0 Å². The molecular formula is C14H22N2O2. The summed E-state index contributed by atoms with van der Waals surface area (Å²) in [6, 6.07) is 5.30. The van der Waals surface area contributed by atoms with Gasteiger partial charge in [-0.05, 0) is 25.5 Å². The second-order valence-corrected chi connectivity index (χ2v) is 4.23. The van der Waals surface area contributed by atoms with E-state index in [4.69, 9.17) is 10.5 Å².